The van der Waals surface area contributed by atoms with Crippen molar-refractivity contribution in [1.29, 1.82) is 0 Å². The van der Waals surface area contributed by atoms with Crippen LogP contribution in [0, 0.1) is 0 Å². The van der Waals surface area contributed by atoms with Crippen molar-refractivity contribution < 1.29 is 9.90 Å². The van der Waals surface area contributed by atoms with E-state index >= 15 is 0 Å². The van der Waals surface area contributed by atoms with Crippen LogP contribution in [0.1, 0.15) is 20.8 Å². The predicted molar refractivity (Wildman–Crippen MR) is 71.0 cm³/mol. The lowest BCUT2D eigenvalue weighted by Crippen LogP contribution is -2.15. The maximum atomic E-state index is 10.7. The molecular formula is C12H13NO2S2. The minimum absolute atomic E-state index is 0.379. The van der Waals surface area contributed by atoms with Gasteiger partial charge in [-0.15, -0.1) is 11.3 Å². The van der Waals surface area contributed by atoms with Crippen LogP contribution in [0.5, 0.6) is 0 Å². The van der Waals surface area contributed by atoms with Gasteiger partial charge in [0.2, 0.25) is 0 Å². The molecule has 2 aromatic rings. The fourth-order valence-corrected chi connectivity index (χ4v) is 3.00. The van der Waals surface area contributed by atoms with Crippen LogP contribution in [0.3, 0.4) is 0 Å². The Bertz CT molecular complexity index is 476. The van der Waals surface area contributed by atoms with Crippen LogP contribution in [0.15, 0.2) is 28.3 Å². The molecule has 0 aliphatic carbocycles. The second-order valence-electron chi connectivity index (χ2n) is 3.67. The van der Waals surface area contributed by atoms with Crippen LogP contribution in [-0.4, -0.2) is 17.6 Å². The lowest BCUT2D eigenvalue weighted by atomic mass is 10.2. The van der Waals surface area contributed by atoms with Gasteiger partial charge in [0.25, 0.3) is 0 Å². The molecule has 0 unspecified atom stereocenters. The predicted octanol–water partition coefficient (Wildman–Crippen LogP) is 2.84. The molecule has 0 bridgehead atoms. The zero-order chi connectivity index (χ0) is 12.1. The molecule has 0 aliphatic rings. The summed E-state index contributed by atoms with van der Waals surface area (Å²) in [5, 5.41) is 18.0. The third kappa shape index (κ3) is 3.66. The van der Waals surface area contributed by atoms with Crippen molar-refractivity contribution in [2.75, 3.05) is 6.54 Å². The number of carbonyl (C=O) groups is 1. The van der Waals surface area contributed by atoms with E-state index < -0.39 is 5.97 Å². The van der Waals surface area contributed by atoms with Gasteiger partial charge in [0.15, 0.2) is 0 Å². The van der Waals surface area contributed by atoms with Crippen molar-refractivity contribution in [3.8, 4) is 0 Å². The summed E-state index contributed by atoms with van der Waals surface area (Å²) < 4.78 is 0. The lowest BCUT2D eigenvalue weighted by Gasteiger charge is -2.01. The van der Waals surface area contributed by atoms with E-state index in [1.807, 2.05) is 0 Å². The minimum Gasteiger partial charge on any atom is -0.478 e. The molecule has 0 fully saturated rings. The zero-order valence-corrected chi connectivity index (χ0v) is 10.8. The zero-order valence-electron chi connectivity index (χ0n) is 9.18. The van der Waals surface area contributed by atoms with Crippen LogP contribution < -0.4 is 5.32 Å². The molecular weight excluding hydrogens is 254 g/mol. The van der Waals surface area contributed by atoms with Gasteiger partial charge in [0, 0.05) is 16.8 Å². The van der Waals surface area contributed by atoms with Crippen LogP contribution in [-0.2, 0) is 13.0 Å². The summed E-state index contributed by atoms with van der Waals surface area (Å²) in [6.45, 7) is 1.65. The van der Waals surface area contributed by atoms with Gasteiger partial charge in [-0.3, -0.25) is 0 Å². The SMILES string of the molecule is O=C(O)c1csc(CNCCc2ccsc2)c1. The quantitative estimate of drug-likeness (QED) is 0.791. The number of carboxylic acids is 1. The first-order valence-electron chi connectivity index (χ1n) is 5.28. The second kappa shape index (κ2) is 5.95. The van der Waals surface area contributed by atoms with Crippen molar-refractivity contribution in [3.63, 3.8) is 0 Å². The molecule has 0 saturated carbocycles. The third-order valence-corrected chi connectivity index (χ3v) is 4.04. The smallest absolute Gasteiger partial charge is 0.336 e. The molecule has 2 heterocycles. The molecule has 3 nitrogen and oxygen atoms in total. The monoisotopic (exact) mass is 267 g/mol. The van der Waals surface area contributed by atoms with Gasteiger partial charge in [-0.05, 0) is 41.4 Å². The van der Waals surface area contributed by atoms with Crippen molar-refractivity contribution in [3.05, 3.63) is 44.3 Å². The van der Waals surface area contributed by atoms with Crippen molar-refractivity contribution in [2.45, 2.75) is 13.0 Å². The molecule has 5 heteroatoms. The third-order valence-electron chi connectivity index (χ3n) is 2.37. The number of aromatic carboxylic acids is 1. The molecule has 2 aromatic heterocycles. The van der Waals surface area contributed by atoms with Gasteiger partial charge >= 0.3 is 5.97 Å². The van der Waals surface area contributed by atoms with E-state index in [9.17, 15) is 4.79 Å². The highest BCUT2D eigenvalue weighted by Crippen LogP contribution is 2.14. The summed E-state index contributed by atoms with van der Waals surface area (Å²) in [5.74, 6) is -0.856. The average Bonchev–Trinajstić information content (AvgIpc) is 2.96. The van der Waals surface area contributed by atoms with Crippen molar-refractivity contribution >= 4 is 28.6 Å². The molecule has 17 heavy (non-hydrogen) atoms. The molecule has 0 aromatic carbocycles. The van der Waals surface area contributed by atoms with Crippen LogP contribution in [0.4, 0.5) is 0 Å². The first-order chi connectivity index (χ1) is 8.25. The molecule has 0 saturated heterocycles. The Balaban J connectivity index is 1.72. The second-order valence-corrected chi connectivity index (χ2v) is 5.44. The summed E-state index contributed by atoms with van der Waals surface area (Å²) in [5.41, 5.74) is 1.73. The van der Waals surface area contributed by atoms with Gasteiger partial charge in [-0.1, -0.05) is 0 Å². The molecule has 0 amide bonds. The molecule has 0 spiro atoms. The number of hydrogen-bond donors (Lipinski definition) is 2. The highest BCUT2D eigenvalue weighted by molar-refractivity contribution is 7.10. The highest BCUT2D eigenvalue weighted by Gasteiger charge is 2.05. The summed E-state index contributed by atoms with van der Waals surface area (Å²) in [7, 11) is 0. The molecule has 0 aliphatic heterocycles. The normalized spacial score (nSPS) is 10.6. The average molecular weight is 267 g/mol. The highest BCUT2D eigenvalue weighted by atomic mass is 32.1. The molecule has 0 radical (unpaired) electrons. The minimum atomic E-state index is -0.856. The van der Waals surface area contributed by atoms with Crippen LogP contribution in [0.25, 0.3) is 0 Å². The van der Waals surface area contributed by atoms with E-state index in [0.717, 1.165) is 24.4 Å². The van der Waals surface area contributed by atoms with Crippen LogP contribution in [0.2, 0.25) is 0 Å². The summed E-state index contributed by atoms with van der Waals surface area (Å²) >= 11 is 3.19. The fraction of sp³-hybridized carbons (Fsp3) is 0.250. The van der Waals surface area contributed by atoms with E-state index in [1.54, 1.807) is 22.8 Å². The van der Waals surface area contributed by atoms with Crippen LogP contribution >= 0.6 is 22.7 Å². The Morgan fingerprint density at radius 2 is 2.29 bits per heavy atom. The first-order valence-corrected chi connectivity index (χ1v) is 7.10. The maximum Gasteiger partial charge on any atom is 0.336 e. The van der Waals surface area contributed by atoms with E-state index in [4.69, 9.17) is 5.11 Å². The summed E-state index contributed by atoms with van der Waals surface area (Å²) in [6.07, 6.45) is 1.01. The van der Waals surface area contributed by atoms with E-state index in [0.29, 0.717) is 5.56 Å². The number of carboxylic acid groups (broad SMARTS) is 1. The molecule has 90 valence electrons. The van der Waals surface area contributed by atoms with Gasteiger partial charge in [-0.25, -0.2) is 4.79 Å². The molecule has 0 atom stereocenters. The number of thiophene rings is 2. The molecule has 2 N–H and O–H groups in total. The summed E-state index contributed by atoms with van der Waals surface area (Å²) in [6, 6.07) is 3.85. The topological polar surface area (TPSA) is 49.3 Å². The van der Waals surface area contributed by atoms with Gasteiger partial charge in [-0.2, -0.15) is 11.3 Å². The maximum absolute atomic E-state index is 10.7. The van der Waals surface area contributed by atoms with Gasteiger partial charge in [0.05, 0.1) is 5.56 Å². The Morgan fingerprint density at radius 1 is 1.41 bits per heavy atom. The number of nitrogens with one attached hydrogen (secondary N) is 1. The van der Waals surface area contributed by atoms with E-state index in [1.165, 1.54) is 16.9 Å². The lowest BCUT2D eigenvalue weighted by molar-refractivity contribution is 0.0697. The fourth-order valence-electron chi connectivity index (χ4n) is 1.46. The van der Waals surface area contributed by atoms with Crippen molar-refractivity contribution in [1.82, 2.24) is 5.32 Å². The Labute approximate surface area is 108 Å². The number of hydrogen-bond acceptors (Lipinski definition) is 4. The van der Waals surface area contributed by atoms with E-state index in [2.05, 4.69) is 22.1 Å². The van der Waals surface area contributed by atoms with E-state index in [-0.39, 0.29) is 0 Å². The standard InChI is InChI=1S/C12H13NO2S2/c14-12(15)10-5-11(17-8-10)6-13-3-1-9-2-4-16-7-9/h2,4-5,7-8,13H,1,3,6H2,(H,14,15). The Morgan fingerprint density at radius 3 is 2.94 bits per heavy atom. The first kappa shape index (κ1) is 12.3. The van der Waals surface area contributed by atoms with Gasteiger partial charge < -0.3 is 10.4 Å². The number of rotatable bonds is 6. The largest absolute Gasteiger partial charge is 0.478 e. The van der Waals surface area contributed by atoms with Gasteiger partial charge in [0.1, 0.15) is 0 Å². The van der Waals surface area contributed by atoms with Crippen molar-refractivity contribution in [2.24, 2.45) is 0 Å². The Kier molecular flexibility index (Phi) is 4.30. The Hall–Kier alpha value is -1.17. The molecule has 2 rings (SSSR count). The summed E-state index contributed by atoms with van der Waals surface area (Å²) in [4.78, 5) is 11.7.